The number of rotatable bonds is 5. The molecule has 31 heavy (non-hydrogen) atoms. The number of hydrogen-bond acceptors (Lipinski definition) is 6. The number of anilines is 3. The van der Waals surface area contributed by atoms with Crippen molar-refractivity contribution < 1.29 is 9.53 Å². The molecule has 6 nitrogen and oxygen atoms in total. The molecule has 1 saturated carbocycles. The molecule has 2 aliphatic heterocycles. The van der Waals surface area contributed by atoms with Crippen LogP contribution in [0, 0.1) is 5.92 Å². The molecule has 0 amide bonds. The average Bonchev–Trinajstić information content (AvgIpc) is 2.82. The summed E-state index contributed by atoms with van der Waals surface area (Å²) in [6, 6.07) is 18.5. The number of benzene rings is 2. The number of ether oxygens (including phenoxy) is 1. The van der Waals surface area contributed by atoms with E-state index in [0.717, 1.165) is 17.9 Å². The van der Waals surface area contributed by atoms with Gasteiger partial charge in [-0.2, -0.15) is 4.98 Å². The van der Waals surface area contributed by atoms with Crippen LogP contribution in [-0.4, -0.2) is 29.1 Å². The zero-order chi connectivity index (χ0) is 21.5. The molecular formula is C25H26N4O2. The Kier molecular flexibility index (Phi) is 4.85. The van der Waals surface area contributed by atoms with E-state index in [1.807, 2.05) is 36.4 Å². The second-order valence-corrected chi connectivity index (χ2v) is 8.42. The van der Waals surface area contributed by atoms with Gasteiger partial charge in [0.05, 0.1) is 18.7 Å². The molecule has 0 spiro atoms. The van der Waals surface area contributed by atoms with Gasteiger partial charge in [0.15, 0.2) is 0 Å². The van der Waals surface area contributed by atoms with Crippen LogP contribution in [0.5, 0.6) is 0 Å². The number of nitrogens with zero attached hydrogens (tertiary/aromatic N) is 3. The standard InChI is InChI=1S/C25H26N4O2/c1-15-20-14-21(15)29(22-13-18(24(30)31-3)9-10-19(20)22)23-11-12-26-25(28-23)27-16(2)17-7-5-4-6-8-17/h4-13,15-16,20-21H,14H2,1-3H3,(H,26,27,28)/t15?,16-,20?,21?/m0/s1. The lowest BCUT2D eigenvalue weighted by atomic mass is 9.62. The fourth-order valence-corrected chi connectivity index (χ4v) is 4.87. The fraction of sp³-hybridized carbons (Fsp3) is 0.320. The molecule has 6 rings (SSSR count). The minimum Gasteiger partial charge on any atom is -0.465 e. The van der Waals surface area contributed by atoms with E-state index in [1.54, 1.807) is 6.20 Å². The molecule has 158 valence electrons. The first-order valence-electron chi connectivity index (χ1n) is 10.7. The summed E-state index contributed by atoms with van der Waals surface area (Å²) in [5.41, 5.74) is 4.06. The highest BCUT2D eigenvalue weighted by Crippen LogP contribution is 2.56. The summed E-state index contributed by atoms with van der Waals surface area (Å²) < 4.78 is 4.94. The molecule has 3 heterocycles. The normalized spacial score (nSPS) is 22.2. The zero-order valence-electron chi connectivity index (χ0n) is 17.9. The van der Waals surface area contributed by atoms with Crippen LogP contribution in [0.15, 0.2) is 60.8 Å². The lowest BCUT2D eigenvalue weighted by Gasteiger charge is -2.55. The van der Waals surface area contributed by atoms with Crippen LogP contribution in [0.3, 0.4) is 0 Å². The summed E-state index contributed by atoms with van der Waals surface area (Å²) in [6.07, 6.45) is 2.89. The third-order valence-electron chi connectivity index (χ3n) is 6.71. The molecule has 0 saturated heterocycles. The Morgan fingerprint density at radius 1 is 1.19 bits per heavy atom. The van der Waals surface area contributed by atoms with E-state index >= 15 is 0 Å². The number of nitrogens with one attached hydrogen (secondary N) is 1. The van der Waals surface area contributed by atoms with Crippen molar-refractivity contribution in [2.45, 2.75) is 38.3 Å². The Balaban J connectivity index is 1.49. The summed E-state index contributed by atoms with van der Waals surface area (Å²) in [5, 5.41) is 3.42. The molecule has 2 bridgehead atoms. The second kappa shape index (κ2) is 7.69. The Labute approximate surface area is 182 Å². The van der Waals surface area contributed by atoms with Crippen molar-refractivity contribution in [3.05, 3.63) is 77.5 Å². The molecule has 1 fully saturated rings. The molecule has 4 atom stereocenters. The monoisotopic (exact) mass is 414 g/mol. The van der Waals surface area contributed by atoms with Gasteiger partial charge in [0.25, 0.3) is 0 Å². The van der Waals surface area contributed by atoms with Gasteiger partial charge in [0, 0.05) is 17.9 Å². The van der Waals surface area contributed by atoms with Gasteiger partial charge < -0.3 is 15.0 Å². The van der Waals surface area contributed by atoms with Crippen LogP contribution in [-0.2, 0) is 4.74 Å². The number of methoxy groups -OCH3 is 1. The van der Waals surface area contributed by atoms with E-state index in [9.17, 15) is 4.79 Å². The number of carbonyl (C=O) groups excluding carboxylic acids is 1. The van der Waals surface area contributed by atoms with Crippen LogP contribution in [0.4, 0.5) is 17.5 Å². The lowest BCUT2D eigenvalue weighted by molar-refractivity contribution is 0.0600. The van der Waals surface area contributed by atoms with E-state index < -0.39 is 0 Å². The van der Waals surface area contributed by atoms with Gasteiger partial charge in [0.2, 0.25) is 5.95 Å². The molecule has 3 aromatic rings. The van der Waals surface area contributed by atoms with Crippen LogP contribution in [0.2, 0.25) is 0 Å². The second-order valence-electron chi connectivity index (χ2n) is 8.42. The third-order valence-corrected chi connectivity index (χ3v) is 6.71. The van der Waals surface area contributed by atoms with E-state index in [4.69, 9.17) is 9.72 Å². The van der Waals surface area contributed by atoms with Gasteiger partial charge in [0.1, 0.15) is 5.82 Å². The van der Waals surface area contributed by atoms with Gasteiger partial charge in [-0.1, -0.05) is 43.3 Å². The summed E-state index contributed by atoms with van der Waals surface area (Å²) in [4.78, 5) is 23.7. The van der Waals surface area contributed by atoms with Crippen LogP contribution < -0.4 is 10.2 Å². The van der Waals surface area contributed by atoms with Crippen molar-refractivity contribution in [3.8, 4) is 0 Å². The SMILES string of the molecule is COC(=O)c1ccc2c(c1)N(c1ccnc(N[C@@H](C)c3ccccc3)n1)C1CC2C1C. The number of esters is 1. The molecule has 3 unspecified atom stereocenters. The fourth-order valence-electron chi connectivity index (χ4n) is 4.87. The van der Waals surface area contributed by atoms with Gasteiger partial charge in [-0.25, -0.2) is 9.78 Å². The Bertz CT molecular complexity index is 1120. The summed E-state index contributed by atoms with van der Waals surface area (Å²) >= 11 is 0. The maximum Gasteiger partial charge on any atom is 0.337 e. The van der Waals surface area contributed by atoms with Gasteiger partial charge in [-0.3, -0.25) is 0 Å². The minimum atomic E-state index is -0.322. The van der Waals surface area contributed by atoms with Crippen LogP contribution >= 0.6 is 0 Å². The first-order chi connectivity index (χ1) is 15.1. The molecule has 6 heteroatoms. The maximum absolute atomic E-state index is 12.1. The van der Waals surface area contributed by atoms with Crippen molar-refractivity contribution in [3.63, 3.8) is 0 Å². The van der Waals surface area contributed by atoms with Gasteiger partial charge in [-0.05, 0) is 54.5 Å². The first kappa shape index (κ1) is 19.5. The Morgan fingerprint density at radius 2 is 2.00 bits per heavy atom. The minimum absolute atomic E-state index is 0.0861. The molecular weight excluding hydrogens is 388 g/mol. The van der Waals surface area contributed by atoms with E-state index in [0.29, 0.717) is 29.4 Å². The molecule has 3 aliphatic rings. The topological polar surface area (TPSA) is 67.3 Å². The number of carbonyl (C=O) groups is 1. The van der Waals surface area contributed by atoms with Gasteiger partial charge in [-0.15, -0.1) is 0 Å². The predicted octanol–water partition coefficient (Wildman–Crippen LogP) is 5.08. The smallest absolute Gasteiger partial charge is 0.337 e. The van der Waals surface area contributed by atoms with Crippen molar-refractivity contribution in [2.75, 3.05) is 17.3 Å². The molecule has 1 aliphatic carbocycles. The van der Waals surface area contributed by atoms with Crippen molar-refractivity contribution in [1.82, 2.24) is 9.97 Å². The highest BCUT2D eigenvalue weighted by molar-refractivity contribution is 5.91. The molecule has 1 N–H and O–H groups in total. The van der Waals surface area contributed by atoms with Crippen LogP contribution in [0.25, 0.3) is 0 Å². The van der Waals surface area contributed by atoms with Gasteiger partial charge >= 0.3 is 5.97 Å². The summed E-state index contributed by atoms with van der Waals surface area (Å²) in [6.45, 7) is 4.39. The number of aromatic nitrogens is 2. The lowest BCUT2D eigenvalue weighted by Crippen LogP contribution is -2.53. The molecule has 1 aromatic heterocycles. The largest absolute Gasteiger partial charge is 0.465 e. The first-order valence-corrected chi connectivity index (χ1v) is 10.7. The average molecular weight is 415 g/mol. The predicted molar refractivity (Wildman–Crippen MR) is 121 cm³/mol. The van der Waals surface area contributed by atoms with E-state index in [2.05, 4.69) is 47.2 Å². The third kappa shape index (κ3) is 3.32. The van der Waals surface area contributed by atoms with Crippen molar-refractivity contribution in [1.29, 1.82) is 0 Å². The zero-order valence-corrected chi connectivity index (χ0v) is 17.9. The highest BCUT2D eigenvalue weighted by Gasteiger charge is 2.49. The van der Waals surface area contributed by atoms with E-state index in [-0.39, 0.29) is 12.0 Å². The van der Waals surface area contributed by atoms with Crippen LogP contribution in [0.1, 0.15) is 53.7 Å². The Morgan fingerprint density at radius 3 is 2.74 bits per heavy atom. The van der Waals surface area contributed by atoms with Crippen molar-refractivity contribution in [2.24, 2.45) is 5.92 Å². The maximum atomic E-state index is 12.1. The number of hydrogen-bond donors (Lipinski definition) is 1. The molecule has 0 radical (unpaired) electrons. The molecule has 2 aromatic carbocycles. The summed E-state index contributed by atoms with van der Waals surface area (Å²) in [7, 11) is 1.41. The van der Waals surface area contributed by atoms with Crippen molar-refractivity contribution >= 4 is 23.4 Å². The summed E-state index contributed by atoms with van der Waals surface area (Å²) in [5.74, 6) is 2.17. The van der Waals surface area contributed by atoms with E-state index in [1.165, 1.54) is 18.2 Å². The Hall–Kier alpha value is -3.41. The highest BCUT2D eigenvalue weighted by atomic mass is 16.5. The quantitative estimate of drug-likeness (QED) is 0.587.